The zero-order valence-corrected chi connectivity index (χ0v) is 10.7. The molecule has 0 aliphatic carbocycles. The first kappa shape index (κ1) is 12.0. The molecule has 5 heteroatoms. The normalized spacial score (nSPS) is 17.1. The molecule has 1 aliphatic heterocycles. The second kappa shape index (κ2) is 4.93. The number of fused-ring (bicyclic) bond motifs is 1. The van der Waals surface area contributed by atoms with E-state index in [1.807, 2.05) is 36.0 Å². The van der Waals surface area contributed by atoms with Crippen molar-refractivity contribution in [2.24, 2.45) is 7.05 Å². The number of nitrogens with zero attached hydrogens (tertiary/aromatic N) is 2. The molecule has 1 aliphatic rings. The molecule has 1 aromatic carbocycles. The van der Waals surface area contributed by atoms with E-state index in [1.54, 1.807) is 6.20 Å². The maximum absolute atomic E-state index is 9.63. The highest BCUT2D eigenvalue weighted by Crippen LogP contribution is 2.34. The summed E-state index contributed by atoms with van der Waals surface area (Å²) in [6, 6.07) is 7.52. The van der Waals surface area contributed by atoms with Gasteiger partial charge in [0.05, 0.1) is 6.61 Å². The van der Waals surface area contributed by atoms with Gasteiger partial charge in [-0.3, -0.25) is 4.68 Å². The maximum Gasteiger partial charge on any atom is 0.129 e. The second-order valence-electron chi connectivity index (χ2n) is 4.57. The van der Waals surface area contributed by atoms with Gasteiger partial charge in [-0.05, 0) is 18.2 Å². The van der Waals surface area contributed by atoms with E-state index in [0.29, 0.717) is 19.0 Å². The fraction of sp³-hybridized carbons (Fsp3) is 0.357. The quantitative estimate of drug-likeness (QED) is 0.904. The lowest BCUT2D eigenvalue weighted by Gasteiger charge is -2.08. The van der Waals surface area contributed by atoms with Crippen LogP contribution in [0.15, 0.2) is 30.5 Å². The maximum atomic E-state index is 9.63. The lowest BCUT2D eigenvalue weighted by Crippen LogP contribution is -2.06. The van der Waals surface area contributed by atoms with E-state index in [1.165, 1.54) is 0 Å². The Kier molecular flexibility index (Phi) is 3.13. The molecule has 2 aromatic rings. The summed E-state index contributed by atoms with van der Waals surface area (Å²) < 4.78 is 12.9. The molecule has 2 heterocycles. The molecular weight excluding hydrogens is 244 g/mol. The van der Waals surface area contributed by atoms with Gasteiger partial charge in [-0.25, -0.2) is 0 Å². The fourth-order valence-corrected chi connectivity index (χ4v) is 2.18. The third-order valence-corrected chi connectivity index (χ3v) is 3.29. The Morgan fingerprint density at radius 2 is 2.37 bits per heavy atom. The molecule has 0 amide bonds. The van der Waals surface area contributed by atoms with Crippen LogP contribution in [0.3, 0.4) is 0 Å². The fourth-order valence-electron chi connectivity index (χ4n) is 2.18. The van der Waals surface area contributed by atoms with E-state index >= 15 is 0 Å². The minimum atomic E-state index is -0.515. The smallest absolute Gasteiger partial charge is 0.129 e. The van der Waals surface area contributed by atoms with Gasteiger partial charge in [0, 0.05) is 37.0 Å². The largest absolute Gasteiger partial charge is 0.493 e. The molecule has 0 saturated carbocycles. The van der Waals surface area contributed by atoms with Crippen molar-refractivity contribution >= 4 is 0 Å². The molecular formula is C14H16N2O3. The summed E-state index contributed by atoms with van der Waals surface area (Å²) in [5, 5.41) is 13.7. The Bertz CT molecular complexity index is 580. The van der Waals surface area contributed by atoms with Crippen molar-refractivity contribution in [3.8, 4) is 11.5 Å². The Morgan fingerprint density at radius 1 is 1.47 bits per heavy atom. The third-order valence-electron chi connectivity index (χ3n) is 3.29. The van der Waals surface area contributed by atoms with Crippen molar-refractivity contribution in [3.05, 3.63) is 41.7 Å². The van der Waals surface area contributed by atoms with Crippen molar-refractivity contribution in [3.63, 3.8) is 0 Å². The van der Waals surface area contributed by atoms with E-state index in [-0.39, 0.29) is 0 Å². The average Bonchev–Trinajstić information content (AvgIpc) is 2.97. The highest BCUT2D eigenvalue weighted by Gasteiger charge is 2.21. The van der Waals surface area contributed by atoms with Crippen LogP contribution in [0, 0.1) is 0 Å². The van der Waals surface area contributed by atoms with Crippen LogP contribution in [-0.4, -0.2) is 28.1 Å². The van der Waals surface area contributed by atoms with Gasteiger partial charge in [-0.1, -0.05) is 0 Å². The van der Waals surface area contributed by atoms with E-state index in [0.717, 1.165) is 23.4 Å². The first-order valence-electron chi connectivity index (χ1n) is 6.28. The van der Waals surface area contributed by atoms with Crippen LogP contribution in [0.25, 0.3) is 0 Å². The minimum absolute atomic E-state index is 0.327. The molecule has 0 fully saturated rings. The number of hydrogen-bond acceptors (Lipinski definition) is 4. The number of hydrogen-bond donors (Lipinski definition) is 1. The topological polar surface area (TPSA) is 56.5 Å². The van der Waals surface area contributed by atoms with Gasteiger partial charge in [0.1, 0.15) is 24.2 Å². The van der Waals surface area contributed by atoms with Crippen LogP contribution in [0.5, 0.6) is 11.5 Å². The van der Waals surface area contributed by atoms with Crippen molar-refractivity contribution < 1.29 is 14.6 Å². The number of rotatable bonds is 4. The third kappa shape index (κ3) is 2.42. The Morgan fingerprint density at radius 3 is 3.16 bits per heavy atom. The molecule has 0 bridgehead atoms. The summed E-state index contributed by atoms with van der Waals surface area (Å²) in [4.78, 5) is 0. The molecule has 1 atom stereocenters. The second-order valence-corrected chi connectivity index (χ2v) is 4.57. The van der Waals surface area contributed by atoms with E-state index < -0.39 is 6.10 Å². The van der Waals surface area contributed by atoms with Crippen molar-refractivity contribution in [1.82, 2.24) is 9.78 Å². The van der Waals surface area contributed by atoms with Gasteiger partial charge in [0.15, 0.2) is 0 Å². The van der Waals surface area contributed by atoms with Gasteiger partial charge >= 0.3 is 0 Å². The van der Waals surface area contributed by atoms with Gasteiger partial charge in [0.2, 0.25) is 0 Å². The van der Waals surface area contributed by atoms with E-state index in [4.69, 9.17) is 9.47 Å². The molecule has 1 unspecified atom stereocenters. The van der Waals surface area contributed by atoms with Crippen LogP contribution >= 0.6 is 0 Å². The molecule has 3 rings (SSSR count). The molecule has 5 nitrogen and oxygen atoms in total. The Balaban J connectivity index is 1.60. The number of ether oxygens (including phenoxy) is 2. The molecule has 100 valence electrons. The molecule has 0 spiro atoms. The minimum Gasteiger partial charge on any atom is -0.493 e. The summed E-state index contributed by atoms with van der Waals surface area (Å²) in [7, 11) is 1.92. The Labute approximate surface area is 111 Å². The summed E-state index contributed by atoms with van der Waals surface area (Å²) >= 11 is 0. The van der Waals surface area contributed by atoms with Crippen molar-refractivity contribution in [2.45, 2.75) is 12.5 Å². The lowest BCUT2D eigenvalue weighted by molar-refractivity contribution is 0.140. The first-order chi connectivity index (χ1) is 9.24. The highest BCUT2D eigenvalue weighted by atomic mass is 16.5. The summed E-state index contributed by atoms with van der Waals surface area (Å²) in [5.74, 6) is 1.47. The molecule has 0 saturated heterocycles. The van der Waals surface area contributed by atoms with Gasteiger partial charge in [0.25, 0.3) is 0 Å². The van der Waals surface area contributed by atoms with Crippen molar-refractivity contribution in [1.29, 1.82) is 0 Å². The summed E-state index contributed by atoms with van der Waals surface area (Å²) in [6.45, 7) is 0.911. The zero-order valence-electron chi connectivity index (χ0n) is 10.7. The number of aromatic nitrogens is 2. The van der Waals surface area contributed by atoms with Crippen molar-refractivity contribution in [2.75, 3.05) is 13.2 Å². The monoisotopic (exact) mass is 260 g/mol. The van der Waals surface area contributed by atoms with E-state index in [9.17, 15) is 5.11 Å². The Hall–Kier alpha value is -2.01. The molecule has 0 radical (unpaired) electrons. The molecule has 19 heavy (non-hydrogen) atoms. The summed E-state index contributed by atoms with van der Waals surface area (Å²) in [6.07, 6.45) is 2.07. The number of benzene rings is 1. The highest BCUT2D eigenvalue weighted by molar-refractivity contribution is 5.44. The number of aryl methyl sites for hydroxylation is 1. The molecule has 1 aromatic heterocycles. The standard InChI is InChI=1S/C14H16N2O3/c1-16-10(4-6-15-16)5-7-18-11-2-3-12-13(17)9-19-14(12)8-11/h2-4,6,8,13,17H,5,7,9H2,1H3. The van der Waals surface area contributed by atoms with Crippen LogP contribution in [0.4, 0.5) is 0 Å². The van der Waals surface area contributed by atoms with Gasteiger partial charge in [-0.15, -0.1) is 0 Å². The van der Waals surface area contributed by atoms with Gasteiger partial charge in [-0.2, -0.15) is 5.10 Å². The number of aliphatic hydroxyl groups excluding tert-OH is 1. The van der Waals surface area contributed by atoms with Crippen LogP contribution < -0.4 is 9.47 Å². The number of aliphatic hydroxyl groups is 1. The average molecular weight is 260 g/mol. The lowest BCUT2D eigenvalue weighted by atomic mass is 10.1. The van der Waals surface area contributed by atoms with Gasteiger partial charge < -0.3 is 14.6 Å². The zero-order chi connectivity index (χ0) is 13.2. The van der Waals surface area contributed by atoms with E-state index in [2.05, 4.69) is 5.10 Å². The van der Waals surface area contributed by atoms with Crippen LogP contribution in [-0.2, 0) is 13.5 Å². The predicted molar refractivity (Wildman–Crippen MR) is 69.3 cm³/mol. The predicted octanol–water partition coefficient (Wildman–Crippen LogP) is 1.47. The summed E-state index contributed by atoms with van der Waals surface area (Å²) in [5.41, 5.74) is 1.96. The first-order valence-corrected chi connectivity index (χ1v) is 6.28. The van der Waals surface area contributed by atoms with Crippen LogP contribution in [0.2, 0.25) is 0 Å². The SMILES string of the molecule is Cn1nccc1CCOc1ccc2c(c1)OCC2O. The molecule has 1 N–H and O–H groups in total. The van der Waals surface area contributed by atoms with Crippen LogP contribution in [0.1, 0.15) is 17.4 Å².